The number of hydrogen-bond acceptors (Lipinski definition) is 3. The molecule has 0 fully saturated rings. The Kier molecular flexibility index (Phi) is 3.78. The first-order valence-electron chi connectivity index (χ1n) is 6.99. The van der Waals surface area contributed by atoms with E-state index in [4.69, 9.17) is 4.74 Å². The average molecular weight is 296 g/mol. The molecule has 0 atom stereocenters. The zero-order valence-electron chi connectivity index (χ0n) is 12.2. The molecule has 2 aromatic rings. The van der Waals surface area contributed by atoms with Gasteiger partial charge in [-0.05, 0) is 17.7 Å². The predicted octanol–water partition coefficient (Wildman–Crippen LogP) is 2.22. The van der Waals surface area contributed by atoms with Crippen molar-refractivity contribution >= 4 is 23.2 Å². The highest BCUT2D eigenvalue weighted by atomic mass is 16.5. The molecule has 3 rings (SSSR count). The summed E-state index contributed by atoms with van der Waals surface area (Å²) in [5.74, 6) is 0.335. The van der Waals surface area contributed by atoms with Crippen LogP contribution in [0.2, 0.25) is 0 Å². The number of methoxy groups -OCH3 is 1. The minimum atomic E-state index is -0.195. The molecule has 22 heavy (non-hydrogen) atoms. The van der Waals surface area contributed by atoms with E-state index in [9.17, 15) is 9.59 Å². The highest BCUT2D eigenvalue weighted by molar-refractivity contribution is 6.10. The van der Waals surface area contributed by atoms with Crippen LogP contribution in [0.15, 0.2) is 48.5 Å². The molecular formula is C17H16N2O3. The van der Waals surface area contributed by atoms with Gasteiger partial charge in [0.2, 0.25) is 11.8 Å². The molecule has 1 heterocycles. The van der Waals surface area contributed by atoms with Gasteiger partial charge < -0.3 is 15.0 Å². The van der Waals surface area contributed by atoms with Crippen LogP contribution in [0.5, 0.6) is 5.75 Å². The van der Waals surface area contributed by atoms with Gasteiger partial charge in [-0.15, -0.1) is 0 Å². The summed E-state index contributed by atoms with van der Waals surface area (Å²) in [6.45, 7) is 0.0197. The summed E-state index contributed by atoms with van der Waals surface area (Å²) < 4.78 is 5.20. The number of carbonyl (C=O) groups is 2. The topological polar surface area (TPSA) is 58.6 Å². The van der Waals surface area contributed by atoms with E-state index in [0.717, 1.165) is 5.56 Å². The molecule has 1 aliphatic heterocycles. The van der Waals surface area contributed by atoms with Crippen LogP contribution in [0.3, 0.4) is 0 Å². The average Bonchev–Trinajstić information content (AvgIpc) is 2.54. The van der Waals surface area contributed by atoms with Gasteiger partial charge in [0.15, 0.2) is 0 Å². The summed E-state index contributed by atoms with van der Waals surface area (Å²) in [4.78, 5) is 25.9. The number of ether oxygens (including phenoxy) is 1. The molecule has 5 heteroatoms. The van der Waals surface area contributed by atoms with Gasteiger partial charge in [-0.1, -0.05) is 30.3 Å². The second-order valence-corrected chi connectivity index (χ2v) is 5.07. The number of fused-ring (bicyclic) bond motifs is 1. The van der Waals surface area contributed by atoms with Gasteiger partial charge in [0, 0.05) is 6.07 Å². The van der Waals surface area contributed by atoms with Crippen LogP contribution in [0, 0.1) is 0 Å². The van der Waals surface area contributed by atoms with Crippen molar-refractivity contribution in [3.05, 3.63) is 54.1 Å². The van der Waals surface area contributed by atoms with Gasteiger partial charge in [0.05, 0.1) is 24.9 Å². The lowest BCUT2D eigenvalue weighted by Crippen LogP contribution is -2.42. The summed E-state index contributed by atoms with van der Waals surface area (Å²) in [5, 5.41) is 2.77. The van der Waals surface area contributed by atoms with Crippen molar-refractivity contribution in [1.29, 1.82) is 0 Å². The minimum absolute atomic E-state index is 0.0197. The second kappa shape index (κ2) is 5.89. The summed E-state index contributed by atoms with van der Waals surface area (Å²) in [7, 11) is 1.57. The van der Waals surface area contributed by atoms with E-state index in [1.807, 2.05) is 30.3 Å². The first-order chi connectivity index (χ1) is 10.7. The van der Waals surface area contributed by atoms with E-state index < -0.39 is 0 Å². The highest BCUT2D eigenvalue weighted by Gasteiger charge is 2.27. The molecule has 1 N–H and O–H groups in total. The van der Waals surface area contributed by atoms with Gasteiger partial charge in [-0.3, -0.25) is 9.59 Å². The van der Waals surface area contributed by atoms with Crippen LogP contribution < -0.4 is 15.0 Å². The molecule has 2 amide bonds. The Morgan fingerprint density at radius 1 is 1.23 bits per heavy atom. The molecule has 5 nitrogen and oxygen atoms in total. The fraction of sp³-hybridized carbons (Fsp3) is 0.176. The Balaban J connectivity index is 1.90. The Labute approximate surface area is 128 Å². The number of nitrogens with one attached hydrogen (secondary N) is 1. The molecule has 0 spiro atoms. The highest BCUT2D eigenvalue weighted by Crippen LogP contribution is 2.33. The molecule has 0 saturated carbocycles. The van der Waals surface area contributed by atoms with E-state index in [2.05, 4.69) is 5.32 Å². The molecular weight excluding hydrogens is 280 g/mol. The fourth-order valence-electron chi connectivity index (χ4n) is 2.47. The summed E-state index contributed by atoms with van der Waals surface area (Å²) in [6, 6.07) is 14.7. The third-order valence-electron chi connectivity index (χ3n) is 3.57. The molecule has 1 aliphatic rings. The fourth-order valence-corrected chi connectivity index (χ4v) is 2.47. The van der Waals surface area contributed by atoms with Gasteiger partial charge in [-0.2, -0.15) is 0 Å². The zero-order valence-corrected chi connectivity index (χ0v) is 12.2. The Bertz CT molecular complexity index is 713. The van der Waals surface area contributed by atoms with Crippen molar-refractivity contribution in [2.75, 3.05) is 23.9 Å². The number of amides is 2. The quantitative estimate of drug-likeness (QED) is 0.945. The summed E-state index contributed by atoms with van der Waals surface area (Å²) >= 11 is 0. The maximum absolute atomic E-state index is 12.6. The van der Waals surface area contributed by atoms with E-state index in [-0.39, 0.29) is 24.8 Å². The molecule has 0 saturated heterocycles. The number of carbonyl (C=O) groups excluding carboxylic acids is 2. The van der Waals surface area contributed by atoms with Gasteiger partial charge in [-0.25, -0.2) is 0 Å². The summed E-state index contributed by atoms with van der Waals surface area (Å²) in [5.41, 5.74) is 2.21. The maximum Gasteiger partial charge on any atom is 0.244 e. The van der Waals surface area contributed by atoms with Crippen molar-refractivity contribution in [1.82, 2.24) is 0 Å². The lowest BCUT2D eigenvalue weighted by Gasteiger charge is -2.29. The number of nitrogens with zero attached hydrogens (tertiary/aromatic N) is 1. The standard InChI is InChI=1S/C17H16N2O3/c1-22-13-7-8-14-15(10-13)19(11-16(20)18-14)17(21)9-12-5-3-2-4-6-12/h2-8,10H,9,11H2,1H3,(H,18,20). The molecule has 0 unspecified atom stereocenters. The Hall–Kier alpha value is -2.82. The maximum atomic E-state index is 12.6. The van der Waals surface area contributed by atoms with Crippen LogP contribution in [-0.2, 0) is 16.0 Å². The lowest BCUT2D eigenvalue weighted by molar-refractivity contribution is -0.121. The van der Waals surface area contributed by atoms with Crippen molar-refractivity contribution in [2.24, 2.45) is 0 Å². The molecule has 0 aliphatic carbocycles. The van der Waals surface area contributed by atoms with Crippen molar-refractivity contribution in [3.8, 4) is 5.75 Å². The number of rotatable bonds is 3. The lowest BCUT2D eigenvalue weighted by atomic mass is 10.1. The summed E-state index contributed by atoms with van der Waals surface area (Å²) in [6.07, 6.45) is 0.255. The van der Waals surface area contributed by atoms with Crippen LogP contribution >= 0.6 is 0 Å². The van der Waals surface area contributed by atoms with E-state index >= 15 is 0 Å². The number of anilines is 2. The van der Waals surface area contributed by atoms with Gasteiger partial charge in [0.25, 0.3) is 0 Å². The van der Waals surface area contributed by atoms with Crippen LogP contribution in [0.4, 0.5) is 11.4 Å². The molecule has 2 aromatic carbocycles. The minimum Gasteiger partial charge on any atom is -0.497 e. The third kappa shape index (κ3) is 2.79. The molecule has 0 bridgehead atoms. The van der Waals surface area contributed by atoms with Crippen LogP contribution in [-0.4, -0.2) is 25.5 Å². The molecule has 0 aromatic heterocycles. The molecule has 0 radical (unpaired) electrons. The van der Waals surface area contributed by atoms with Crippen molar-refractivity contribution in [2.45, 2.75) is 6.42 Å². The smallest absolute Gasteiger partial charge is 0.244 e. The first kappa shape index (κ1) is 14.1. The van der Waals surface area contributed by atoms with E-state index in [1.54, 1.807) is 25.3 Å². The number of hydrogen-bond donors (Lipinski definition) is 1. The Morgan fingerprint density at radius 2 is 2.00 bits per heavy atom. The number of benzene rings is 2. The van der Waals surface area contributed by atoms with Gasteiger partial charge >= 0.3 is 0 Å². The molecule has 112 valence electrons. The predicted molar refractivity (Wildman–Crippen MR) is 84.1 cm³/mol. The van der Waals surface area contributed by atoms with Crippen LogP contribution in [0.1, 0.15) is 5.56 Å². The SMILES string of the molecule is COc1ccc2c(c1)N(C(=O)Cc1ccccc1)CC(=O)N2. The van der Waals surface area contributed by atoms with Crippen LogP contribution in [0.25, 0.3) is 0 Å². The van der Waals surface area contributed by atoms with E-state index in [1.165, 1.54) is 4.90 Å². The van der Waals surface area contributed by atoms with E-state index in [0.29, 0.717) is 17.1 Å². The Morgan fingerprint density at radius 3 is 2.73 bits per heavy atom. The van der Waals surface area contributed by atoms with Crippen molar-refractivity contribution < 1.29 is 14.3 Å². The third-order valence-corrected chi connectivity index (χ3v) is 3.57. The van der Waals surface area contributed by atoms with Crippen molar-refractivity contribution in [3.63, 3.8) is 0 Å². The second-order valence-electron chi connectivity index (χ2n) is 5.07. The van der Waals surface area contributed by atoms with Gasteiger partial charge in [0.1, 0.15) is 12.3 Å². The normalized spacial score (nSPS) is 13.3. The first-order valence-corrected chi connectivity index (χ1v) is 6.99. The monoisotopic (exact) mass is 296 g/mol. The largest absolute Gasteiger partial charge is 0.497 e. The zero-order chi connectivity index (χ0) is 15.5.